The summed E-state index contributed by atoms with van der Waals surface area (Å²) < 4.78 is 11.7. The molecule has 5 rings (SSSR count). The van der Waals surface area contributed by atoms with Crippen LogP contribution in [-0.4, -0.2) is 54.5 Å². The van der Waals surface area contributed by atoms with Crippen molar-refractivity contribution in [2.75, 3.05) is 43.1 Å². The van der Waals surface area contributed by atoms with E-state index in [2.05, 4.69) is 10.2 Å². The Balaban J connectivity index is 1.24. The van der Waals surface area contributed by atoms with Crippen LogP contribution in [0, 0.1) is 5.92 Å². The lowest BCUT2D eigenvalue weighted by Crippen LogP contribution is -2.36. The Morgan fingerprint density at radius 2 is 2.13 bits per heavy atom. The van der Waals surface area contributed by atoms with Gasteiger partial charge in [0.2, 0.25) is 11.8 Å². The Morgan fingerprint density at radius 1 is 1.27 bits per heavy atom. The fraction of sp³-hybridized carbons (Fsp3) is 0.381. The molecule has 8 nitrogen and oxygen atoms in total. The summed E-state index contributed by atoms with van der Waals surface area (Å²) in [7, 11) is 0. The van der Waals surface area contributed by atoms with Crippen LogP contribution in [-0.2, 0) is 20.9 Å². The van der Waals surface area contributed by atoms with Gasteiger partial charge in [0.1, 0.15) is 5.76 Å². The fourth-order valence-corrected chi connectivity index (χ4v) is 4.87. The first-order valence-corrected chi connectivity index (χ1v) is 10.8. The van der Waals surface area contributed by atoms with Gasteiger partial charge >= 0.3 is 0 Å². The van der Waals surface area contributed by atoms with E-state index in [9.17, 15) is 9.59 Å². The molecule has 0 spiro atoms. The highest BCUT2D eigenvalue weighted by Gasteiger charge is 2.34. The van der Waals surface area contributed by atoms with Gasteiger partial charge in [0.05, 0.1) is 42.2 Å². The molecule has 0 radical (unpaired) electrons. The van der Waals surface area contributed by atoms with Gasteiger partial charge in [-0.1, -0.05) is 11.3 Å². The monoisotopic (exact) mass is 426 g/mol. The topological polar surface area (TPSA) is 87.9 Å². The Bertz CT molecular complexity index is 1060. The van der Waals surface area contributed by atoms with Gasteiger partial charge in [-0.3, -0.25) is 9.59 Å². The summed E-state index contributed by atoms with van der Waals surface area (Å²) in [5.41, 5.74) is 1.64. The van der Waals surface area contributed by atoms with Gasteiger partial charge < -0.3 is 24.3 Å². The van der Waals surface area contributed by atoms with E-state index in [1.165, 1.54) is 0 Å². The number of benzene rings is 1. The number of amides is 2. The number of furan rings is 1. The number of nitrogens with zero attached hydrogens (tertiary/aromatic N) is 3. The molecule has 2 saturated heterocycles. The second-order valence-corrected chi connectivity index (χ2v) is 8.53. The van der Waals surface area contributed by atoms with E-state index < -0.39 is 0 Å². The molecule has 1 aromatic carbocycles. The van der Waals surface area contributed by atoms with Crippen molar-refractivity contribution in [1.29, 1.82) is 0 Å². The van der Waals surface area contributed by atoms with Gasteiger partial charge in [-0.05, 0) is 30.3 Å². The van der Waals surface area contributed by atoms with Crippen molar-refractivity contribution < 1.29 is 18.7 Å². The molecule has 1 atom stereocenters. The van der Waals surface area contributed by atoms with Crippen molar-refractivity contribution >= 4 is 44.2 Å². The molecule has 0 unspecified atom stereocenters. The molecular weight excluding hydrogens is 404 g/mol. The second kappa shape index (κ2) is 8.08. The van der Waals surface area contributed by atoms with Gasteiger partial charge in [0, 0.05) is 31.7 Å². The van der Waals surface area contributed by atoms with E-state index in [-0.39, 0.29) is 24.2 Å². The maximum Gasteiger partial charge on any atom is 0.229 e. The van der Waals surface area contributed by atoms with Crippen molar-refractivity contribution in [3.05, 3.63) is 42.4 Å². The summed E-state index contributed by atoms with van der Waals surface area (Å²) in [5.74, 6) is 0.187. The molecule has 9 heteroatoms. The van der Waals surface area contributed by atoms with Crippen LogP contribution in [0.4, 0.5) is 10.8 Å². The first-order chi connectivity index (χ1) is 14.7. The molecule has 2 amide bonds. The molecule has 30 heavy (non-hydrogen) atoms. The number of fused-ring (bicyclic) bond motifs is 1. The molecule has 2 aliphatic heterocycles. The standard InChI is InChI=1S/C21H22N4O4S/c26-19-10-14(12-25(19)13-16-2-1-7-29-16)20(27)22-15-3-4-17-18(11-15)30-21(23-17)24-5-8-28-9-6-24/h1-4,7,11,14H,5-6,8-10,12-13H2,(H,22,27)/t14-/m1/s1. The summed E-state index contributed by atoms with van der Waals surface area (Å²) in [6.07, 6.45) is 1.80. The summed E-state index contributed by atoms with van der Waals surface area (Å²) >= 11 is 1.62. The lowest BCUT2D eigenvalue weighted by Gasteiger charge is -2.25. The summed E-state index contributed by atoms with van der Waals surface area (Å²) in [5, 5.41) is 3.95. The van der Waals surface area contributed by atoms with Crippen molar-refractivity contribution in [2.24, 2.45) is 5.92 Å². The number of hydrogen-bond acceptors (Lipinski definition) is 7. The van der Waals surface area contributed by atoms with Crippen LogP contribution in [0.1, 0.15) is 12.2 Å². The number of thiazole rings is 1. The van der Waals surface area contributed by atoms with Crippen LogP contribution < -0.4 is 10.2 Å². The third-order valence-electron chi connectivity index (χ3n) is 5.44. The zero-order valence-electron chi connectivity index (χ0n) is 16.4. The van der Waals surface area contributed by atoms with E-state index in [0.717, 1.165) is 39.9 Å². The van der Waals surface area contributed by atoms with Crippen molar-refractivity contribution in [2.45, 2.75) is 13.0 Å². The van der Waals surface area contributed by atoms with E-state index >= 15 is 0 Å². The normalized spacial score (nSPS) is 19.6. The average Bonchev–Trinajstić information content (AvgIpc) is 3.49. The zero-order valence-corrected chi connectivity index (χ0v) is 17.2. The van der Waals surface area contributed by atoms with E-state index in [1.54, 1.807) is 28.6 Å². The van der Waals surface area contributed by atoms with Gasteiger partial charge in [-0.15, -0.1) is 0 Å². The molecular formula is C21H22N4O4S. The Kier molecular flexibility index (Phi) is 5.14. The molecule has 0 bridgehead atoms. The first kappa shape index (κ1) is 19.1. The molecule has 1 N–H and O–H groups in total. The number of nitrogens with one attached hydrogen (secondary N) is 1. The van der Waals surface area contributed by atoms with Gasteiger partial charge in [-0.2, -0.15) is 0 Å². The zero-order chi connectivity index (χ0) is 20.5. The lowest BCUT2D eigenvalue weighted by molar-refractivity contribution is -0.128. The molecule has 2 fully saturated rings. The summed E-state index contributed by atoms with van der Waals surface area (Å²) in [4.78, 5) is 33.6. The highest BCUT2D eigenvalue weighted by Crippen LogP contribution is 2.31. The Morgan fingerprint density at radius 3 is 2.93 bits per heavy atom. The lowest BCUT2D eigenvalue weighted by atomic mass is 10.1. The minimum atomic E-state index is -0.367. The molecule has 2 aromatic heterocycles. The maximum atomic E-state index is 12.7. The number of rotatable bonds is 5. The van der Waals surface area contributed by atoms with Crippen LogP contribution in [0.5, 0.6) is 0 Å². The predicted molar refractivity (Wildman–Crippen MR) is 114 cm³/mol. The van der Waals surface area contributed by atoms with Crippen LogP contribution in [0.25, 0.3) is 10.2 Å². The smallest absolute Gasteiger partial charge is 0.229 e. The minimum Gasteiger partial charge on any atom is -0.467 e. The number of carbonyl (C=O) groups is 2. The third-order valence-corrected chi connectivity index (χ3v) is 6.52. The van der Waals surface area contributed by atoms with E-state index in [1.807, 2.05) is 24.3 Å². The van der Waals surface area contributed by atoms with E-state index in [4.69, 9.17) is 14.1 Å². The Labute approximate surface area is 177 Å². The quantitative estimate of drug-likeness (QED) is 0.675. The highest BCUT2D eigenvalue weighted by molar-refractivity contribution is 7.22. The average molecular weight is 426 g/mol. The van der Waals surface area contributed by atoms with Gasteiger partial charge in [-0.25, -0.2) is 4.98 Å². The number of morpholine rings is 1. The molecule has 3 aromatic rings. The van der Waals surface area contributed by atoms with Crippen molar-refractivity contribution in [3.8, 4) is 0 Å². The molecule has 0 saturated carbocycles. The van der Waals surface area contributed by atoms with Gasteiger partial charge in [0.25, 0.3) is 0 Å². The van der Waals surface area contributed by atoms with Crippen molar-refractivity contribution in [1.82, 2.24) is 9.88 Å². The van der Waals surface area contributed by atoms with E-state index in [0.29, 0.717) is 26.3 Å². The van der Waals surface area contributed by atoms with Crippen LogP contribution >= 0.6 is 11.3 Å². The fourth-order valence-electron chi connectivity index (χ4n) is 3.82. The number of hydrogen-bond donors (Lipinski definition) is 1. The second-order valence-electron chi connectivity index (χ2n) is 7.52. The largest absolute Gasteiger partial charge is 0.467 e. The SMILES string of the molecule is O=C(Nc1ccc2nc(N3CCOCC3)sc2c1)[C@@H]1CC(=O)N(Cc2ccco2)C1. The van der Waals surface area contributed by atoms with Crippen LogP contribution in [0.2, 0.25) is 0 Å². The number of ether oxygens (including phenoxy) is 1. The molecule has 156 valence electrons. The van der Waals surface area contributed by atoms with Crippen molar-refractivity contribution in [3.63, 3.8) is 0 Å². The molecule has 4 heterocycles. The highest BCUT2D eigenvalue weighted by atomic mass is 32.1. The summed E-state index contributed by atoms with van der Waals surface area (Å²) in [6.45, 7) is 3.91. The number of anilines is 2. The van der Waals surface area contributed by atoms with Crippen LogP contribution in [0.3, 0.4) is 0 Å². The van der Waals surface area contributed by atoms with Crippen LogP contribution in [0.15, 0.2) is 41.0 Å². The number of carbonyl (C=O) groups excluding carboxylic acids is 2. The number of aromatic nitrogens is 1. The first-order valence-electron chi connectivity index (χ1n) is 10.00. The maximum absolute atomic E-state index is 12.7. The van der Waals surface area contributed by atoms with Gasteiger partial charge in [0.15, 0.2) is 5.13 Å². The predicted octanol–water partition coefficient (Wildman–Crippen LogP) is 2.71. The number of likely N-dealkylation sites (tertiary alicyclic amines) is 1. The molecule has 2 aliphatic rings. The summed E-state index contributed by atoms with van der Waals surface area (Å²) in [6, 6.07) is 9.36. The molecule has 0 aliphatic carbocycles. The Hall–Kier alpha value is -2.91. The minimum absolute atomic E-state index is 0.0281. The third kappa shape index (κ3) is 3.90.